The number of piperazine rings is 1. The number of fused-ring (bicyclic) bond motifs is 1. The van der Waals surface area contributed by atoms with Crippen LogP contribution in [-0.2, 0) is 0 Å². The number of H-pyrrole nitrogens is 1. The molecule has 0 aliphatic carbocycles. The van der Waals surface area contributed by atoms with Crippen molar-refractivity contribution in [3.05, 3.63) is 48.3 Å². The molecular formula is C24H32N6O. The van der Waals surface area contributed by atoms with E-state index in [1.807, 2.05) is 43.5 Å². The number of aromatic nitrogens is 2. The zero-order chi connectivity index (χ0) is 22.2. The Kier molecular flexibility index (Phi) is 5.52. The van der Waals surface area contributed by atoms with Crippen molar-refractivity contribution in [2.24, 2.45) is 0 Å². The minimum absolute atomic E-state index is 0.0443. The zero-order valence-corrected chi connectivity index (χ0v) is 19.1. The fourth-order valence-corrected chi connectivity index (χ4v) is 4.01. The highest BCUT2D eigenvalue weighted by molar-refractivity contribution is 6.07. The van der Waals surface area contributed by atoms with Gasteiger partial charge < -0.3 is 25.0 Å². The maximum Gasteiger partial charge on any atom is 0.256 e. The van der Waals surface area contributed by atoms with E-state index in [-0.39, 0.29) is 11.4 Å². The molecule has 0 spiro atoms. The Labute approximate surface area is 184 Å². The molecule has 164 valence electrons. The Hall–Kier alpha value is -3.22. The number of pyridine rings is 1. The molecule has 31 heavy (non-hydrogen) atoms. The summed E-state index contributed by atoms with van der Waals surface area (Å²) in [6.07, 6.45) is 3.66. The van der Waals surface area contributed by atoms with Crippen LogP contribution >= 0.6 is 0 Å². The van der Waals surface area contributed by atoms with Crippen LogP contribution in [0.2, 0.25) is 0 Å². The number of hydrogen-bond acceptors (Lipinski definition) is 5. The summed E-state index contributed by atoms with van der Waals surface area (Å²) in [6.45, 7) is 9.29. The van der Waals surface area contributed by atoms with Crippen LogP contribution < -0.4 is 15.1 Å². The fourth-order valence-electron chi connectivity index (χ4n) is 4.01. The van der Waals surface area contributed by atoms with Crippen molar-refractivity contribution in [1.29, 1.82) is 0 Å². The lowest BCUT2D eigenvalue weighted by molar-refractivity contribution is 0.0748. The first-order chi connectivity index (χ1) is 14.7. The van der Waals surface area contributed by atoms with Crippen molar-refractivity contribution in [2.45, 2.75) is 26.3 Å². The maximum absolute atomic E-state index is 13.2. The topological polar surface area (TPSA) is 67.5 Å². The van der Waals surface area contributed by atoms with Crippen molar-refractivity contribution in [1.82, 2.24) is 14.9 Å². The average molecular weight is 421 g/mol. The molecule has 2 aromatic heterocycles. The molecule has 1 fully saturated rings. The molecule has 3 aromatic rings. The van der Waals surface area contributed by atoms with Crippen molar-refractivity contribution in [3.8, 4) is 0 Å². The van der Waals surface area contributed by atoms with E-state index in [1.54, 1.807) is 0 Å². The zero-order valence-electron chi connectivity index (χ0n) is 19.1. The third kappa shape index (κ3) is 4.45. The van der Waals surface area contributed by atoms with Crippen LogP contribution in [0.15, 0.2) is 42.7 Å². The van der Waals surface area contributed by atoms with E-state index >= 15 is 0 Å². The Morgan fingerprint density at radius 1 is 1.13 bits per heavy atom. The van der Waals surface area contributed by atoms with Crippen LogP contribution in [0.25, 0.3) is 10.9 Å². The predicted octanol–water partition coefficient (Wildman–Crippen LogP) is 3.80. The summed E-state index contributed by atoms with van der Waals surface area (Å²) in [5.74, 6) is 1.03. The normalized spacial score (nSPS) is 14.7. The van der Waals surface area contributed by atoms with Gasteiger partial charge in [-0.05, 0) is 51.1 Å². The molecule has 3 heterocycles. The van der Waals surface area contributed by atoms with Crippen LogP contribution in [0.4, 0.5) is 17.2 Å². The average Bonchev–Trinajstić information content (AvgIpc) is 3.16. The quantitative estimate of drug-likeness (QED) is 0.672. The first kappa shape index (κ1) is 21.0. The fraction of sp³-hybridized carbons (Fsp3) is 0.417. The number of nitrogens with zero attached hydrogens (tertiary/aromatic N) is 4. The summed E-state index contributed by atoms with van der Waals surface area (Å²) >= 11 is 0. The van der Waals surface area contributed by atoms with Gasteiger partial charge in [0.25, 0.3) is 5.91 Å². The Bertz CT molecular complexity index is 1070. The molecule has 0 bridgehead atoms. The van der Waals surface area contributed by atoms with E-state index in [2.05, 4.69) is 64.1 Å². The lowest BCUT2D eigenvalue weighted by Gasteiger charge is -2.37. The number of benzene rings is 1. The first-order valence-electron chi connectivity index (χ1n) is 10.8. The van der Waals surface area contributed by atoms with Crippen molar-refractivity contribution in [2.75, 3.05) is 55.4 Å². The summed E-state index contributed by atoms with van der Waals surface area (Å²) in [6, 6.07) is 10.2. The van der Waals surface area contributed by atoms with E-state index in [0.29, 0.717) is 13.1 Å². The number of carbonyl (C=O) groups is 1. The molecule has 1 aliphatic rings. The summed E-state index contributed by atoms with van der Waals surface area (Å²) in [5, 5.41) is 4.52. The molecule has 0 atom stereocenters. The highest BCUT2D eigenvalue weighted by Gasteiger charge is 2.26. The minimum atomic E-state index is -0.0443. The molecule has 1 amide bonds. The van der Waals surface area contributed by atoms with Gasteiger partial charge in [0, 0.05) is 74.8 Å². The summed E-state index contributed by atoms with van der Waals surface area (Å²) < 4.78 is 0. The monoisotopic (exact) mass is 420 g/mol. The number of anilines is 3. The van der Waals surface area contributed by atoms with Gasteiger partial charge in [0.2, 0.25) is 0 Å². The second kappa shape index (κ2) is 8.13. The number of hydrogen-bond donors (Lipinski definition) is 2. The van der Waals surface area contributed by atoms with E-state index in [0.717, 1.165) is 46.7 Å². The highest BCUT2D eigenvalue weighted by atomic mass is 16.2. The highest BCUT2D eigenvalue weighted by Crippen LogP contribution is 2.28. The molecule has 1 saturated heterocycles. The van der Waals surface area contributed by atoms with Gasteiger partial charge in [0.15, 0.2) is 5.82 Å². The second-order valence-corrected chi connectivity index (χ2v) is 9.36. The minimum Gasteiger partial charge on any atom is -0.378 e. The van der Waals surface area contributed by atoms with Gasteiger partial charge >= 0.3 is 0 Å². The molecule has 7 nitrogen and oxygen atoms in total. The number of amides is 1. The largest absolute Gasteiger partial charge is 0.378 e. The molecule has 4 rings (SSSR count). The second-order valence-electron chi connectivity index (χ2n) is 9.36. The molecule has 2 N–H and O–H groups in total. The Morgan fingerprint density at radius 3 is 2.55 bits per heavy atom. The maximum atomic E-state index is 13.2. The third-order valence-electron chi connectivity index (χ3n) is 5.57. The lowest BCUT2D eigenvalue weighted by atomic mass is 10.1. The number of rotatable bonds is 4. The van der Waals surface area contributed by atoms with Crippen molar-refractivity contribution >= 4 is 34.0 Å². The smallest absolute Gasteiger partial charge is 0.256 e. The third-order valence-corrected chi connectivity index (χ3v) is 5.57. The van der Waals surface area contributed by atoms with Gasteiger partial charge in [-0.3, -0.25) is 4.79 Å². The molecular weight excluding hydrogens is 388 g/mol. The summed E-state index contributed by atoms with van der Waals surface area (Å²) in [4.78, 5) is 27.4. The molecule has 0 radical (unpaired) electrons. The molecule has 1 aromatic carbocycles. The lowest BCUT2D eigenvalue weighted by Crippen LogP contribution is -2.49. The van der Waals surface area contributed by atoms with E-state index in [9.17, 15) is 4.79 Å². The molecule has 0 unspecified atom stereocenters. The van der Waals surface area contributed by atoms with Crippen molar-refractivity contribution in [3.63, 3.8) is 0 Å². The standard InChI is InChI=1S/C24H32N6O/c1-24(2,3)27-20-7-6-10-25-22(20)29-11-13-30(14-12-29)23(31)19-16-26-21-15-17(28(4)5)8-9-18(19)21/h6-10,15-16,26-27H,11-14H2,1-5H3. The molecule has 7 heteroatoms. The van der Waals surface area contributed by atoms with Crippen LogP contribution in [0.3, 0.4) is 0 Å². The number of aromatic amines is 1. The van der Waals surface area contributed by atoms with Crippen molar-refractivity contribution < 1.29 is 4.79 Å². The van der Waals surface area contributed by atoms with Gasteiger partial charge in [-0.15, -0.1) is 0 Å². The van der Waals surface area contributed by atoms with Gasteiger partial charge in [-0.25, -0.2) is 4.98 Å². The van der Waals surface area contributed by atoms with Crippen LogP contribution in [0.1, 0.15) is 31.1 Å². The van der Waals surface area contributed by atoms with E-state index in [1.165, 1.54) is 0 Å². The summed E-state index contributed by atoms with van der Waals surface area (Å²) in [7, 11) is 4.03. The van der Waals surface area contributed by atoms with Crippen LogP contribution in [-0.4, -0.2) is 66.6 Å². The first-order valence-corrected chi connectivity index (χ1v) is 10.8. The van der Waals surface area contributed by atoms with Crippen LogP contribution in [0, 0.1) is 0 Å². The summed E-state index contributed by atoms with van der Waals surface area (Å²) in [5.41, 5.74) is 3.82. The van der Waals surface area contributed by atoms with E-state index in [4.69, 9.17) is 0 Å². The van der Waals surface area contributed by atoms with Gasteiger partial charge in [-0.1, -0.05) is 0 Å². The van der Waals surface area contributed by atoms with E-state index < -0.39 is 0 Å². The SMILES string of the molecule is CN(C)c1ccc2c(C(=O)N3CCN(c4ncccc4NC(C)(C)C)CC3)c[nH]c2c1. The number of nitrogens with one attached hydrogen (secondary N) is 2. The molecule has 1 aliphatic heterocycles. The van der Waals surface area contributed by atoms with Crippen LogP contribution in [0.5, 0.6) is 0 Å². The van der Waals surface area contributed by atoms with Gasteiger partial charge in [0.1, 0.15) is 0 Å². The number of carbonyl (C=O) groups excluding carboxylic acids is 1. The molecule has 0 saturated carbocycles. The van der Waals surface area contributed by atoms with Gasteiger partial charge in [-0.2, -0.15) is 0 Å². The predicted molar refractivity (Wildman–Crippen MR) is 128 cm³/mol. The Balaban J connectivity index is 1.47. The Morgan fingerprint density at radius 2 is 1.87 bits per heavy atom. The van der Waals surface area contributed by atoms with Gasteiger partial charge in [0.05, 0.1) is 11.3 Å².